The van der Waals surface area contributed by atoms with E-state index in [1.54, 1.807) is 24.0 Å². The van der Waals surface area contributed by atoms with Crippen molar-refractivity contribution in [2.45, 2.75) is 0 Å². The number of carbonyl (C=O) groups is 1. The number of nitrogens with zero attached hydrogens (tertiary/aromatic N) is 5. The second-order valence-corrected chi connectivity index (χ2v) is 5.72. The Hall–Kier alpha value is -3.07. The third-order valence-electron chi connectivity index (χ3n) is 3.17. The molecule has 0 aliphatic carbocycles. The Morgan fingerprint density at radius 2 is 2.13 bits per heavy atom. The van der Waals surface area contributed by atoms with Gasteiger partial charge in [-0.3, -0.25) is 14.8 Å². The average molecular weight is 326 g/mol. The number of fused-ring (bicyclic) bond motifs is 1. The molecule has 8 nitrogen and oxygen atoms in total. The van der Waals surface area contributed by atoms with Gasteiger partial charge >= 0.3 is 6.01 Å². The summed E-state index contributed by atoms with van der Waals surface area (Å²) in [7, 11) is 1.76. The number of hydrogen-bond acceptors (Lipinski definition) is 7. The number of hydrogen-bond donors (Lipinski definition) is 1. The van der Waals surface area contributed by atoms with Crippen LogP contribution in [0.2, 0.25) is 0 Å². The fourth-order valence-corrected chi connectivity index (χ4v) is 2.94. The highest BCUT2D eigenvalue weighted by Crippen LogP contribution is 2.23. The highest BCUT2D eigenvalue weighted by Gasteiger charge is 2.17. The molecule has 1 aromatic carbocycles. The maximum absolute atomic E-state index is 12.2. The topological polar surface area (TPSA) is 98.7 Å². The standard InChI is InChI=1S/C14H10N6O2S/c1-20-9(6-7-15-20)12-18-19-14(22-12)17-11(21)13-16-8-4-2-3-5-10(8)23-13/h2-7H,1H3,(H,17,19,21). The zero-order valence-corrected chi connectivity index (χ0v) is 12.7. The van der Waals surface area contributed by atoms with Gasteiger partial charge in [-0.2, -0.15) is 5.10 Å². The minimum absolute atomic E-state index is 0.0189. The Labute approximate surface area is 133 Å². The van der Waals surface area contributed by atoms with Crippen LogP contribution in [0.15, 0.2) is 40.9 Å². The van der Waals surface area contributed by atoms with Gasteiger partial charge in [0.05, 0.1) is 10.2 Å². The summed E-state index contributed by atoms with van der Waals surface area (Å²) in [5.41, 5.74) is 1.45. The van der Waals surface area contributed by atoms with Crippen molar-refractivity contribution in [3.63, 3.8) is 0 Å². The first-order chi connectivity index (χ1) is 11.2. The first-order valence-corrected chi connectivity index (χ1v) is 7.51. The molecule has 0 aliphatic rings. The van der Waals surface area contributed by atoms with Gasteiger partial charge in [0.25, 0.3) is 11.8 Å². The maximum Gasteiger partial charge on any atom is 0.322 e. The van der Waals surface area contributed by atoms with Gasteiger partial charge in [0.1, 0.15) is 5.69 Å². The Balaban J connectivity index is 1.57. The summed E-state index contributed by atoms with van der Waals surface area (Å²) in [6.45, 7) is 0. The third-order valence-corrected chi connectivity index (χ3v) is 4.21. The zero-order valence-electron chi connectivity index (χ0n) is 11.9. The third kappa shape index (κ3) is 2.46. The van der Waals surface area contributed by atoms with E-state index in [0.29, 0.717) is 10.7 Å². The average Bonchev–Trinajstić information content (AvgIpc) is 3.25. The summed E-state index contributed by atoms with van der Waals surface area (Å²) < 4.78 is 7.98. The molecule has 0 saturated carbocycles. The molecule has 0 bridgehead atoms. The number of anilines is 1. The minimum atomic E-state index is -0.383. The monoisotopic (exact) mass is 326 g/mol. The van der Waals surface area contributed by atoms with E-state index in [0.717, 1.165) is 10.2 Å². The smallest absolute Gasteiger partial charge is 0.322 e. The van der Waals surface area contributed by atoms with Gasteiger partial charge in [-0.15, -0.1) is 16.4 Å². The Morgan fingerprint density at radius 3 is 2.91 bits per heavy atom. The molecule has 0 saturated heterocycles. The fourth-order valence-electron chi connectivity index (χ4n) is 2.08. The highest BCUT2D eigenvalue weighted by molar-refractivity contribution is 7.20. The van der Waals surface area contributed by atoms with E-state index in [1.807, 2.05) is 24.3 Å². The van der Waals surface area contributed by atoms with E-state index in [2.05, 4.69) is 25.6 Å². The summed E-state index contributed by atoms with van der Waals surface area (Å²) in [5, 5.41) is 14.6. The lowest BCUT2D eigenvalue weighted by molar-refractivity contribution is 0.102. The van der Waals surface area contributed by atoms with Crippen molar-refractivity contribution in [1.29, 1.82) is 0 Å². The first-order valence-electron chi connectivity index (χ1n) is 6.69. The number of rotatable bonds is 3. The Bertz CT molecular complexity index is 968. The van der Waals surface area contributed by atoms with Gasteiger partial charge in [-0.1, -0.05) is 17.2 Å². The van der Waals surface area contributed by atoms with Crippen LogP contribution in [0.25, 0.3) is 21.8 Å². The molecular weight excluding hydrogens is 316 g/mol. The number of nitrogens with one attached hydrogen (secondary N) is 1. The van der Waals surface area contributed by atoms with Crippen LogP contribution in [0.3, 0.4) is 0 Å². The second-order valence-electron chi connectivity index (χ2n) is 4.69. The number of thiazole rings is 1. The van der Waals surface area contributed by atoms with Crippen LogP contribution in [-0.4, -0.2) is 30.9 Å². The molecule has 4 aromatic rings. The Morgan fingerprint density at radius 1 is 1.26 bits per heavy atom. The molecule has 1 amide bonds. The summed E-state index contributed by atoms with van der Waals surface area (Å²) >= 11 is 1.30. The molecule has 0 fully saturated rings. The fraction of sp³-hybridized carbons (Fsp3) is 0.0714. The van der Waals surface area contributed by atoms with Crippen molar-refractivity contribution in [2.75, 3.05) is 5.32 Å². The molecule has 9 heteroatoms. The maximum atomic E-state index is 12.2. The van der Waals surface area contributed by atoms with Crippen LogP contribution in [0, 0.1) is 0 Å². The van der Waals surface area contributed by atoms with Crippen molar-refractivity contribution < 1.29 is 9.21 Å². The van der Waals surface area contributed by atoms with Crippen LogP contribution in [-0.2, 0) is 7.05 Å². The molecule has 23 heavy (non-hydrogen) atoms. The van der Waals surface area contributed by atoms with Crippen molar-refractivity contribution in [2.24, 2.45) is 7.05 Å². The summed E-state index contributed by atoms with van der Waals surface area (Å²) in [4.78, 5) is 16.5. The zero-order chi connectivity index (χ0) is 15.8. The Kier molecular flexibility index (Phi) is 3.12. The minimum Gasteiger partial charge on any atom is -0.401 e. The predicted octanol–water partition coefficient (Wildman–Crippen LogP) is 2.33. The SMILES string of the molecule is Cn1nccc1-c1nnc(NC(=O)c2nc3ccccc3s2)o1. The van der Waals surface area contributed by atoms with Crippen molar-refractivity contribution >= 4 is 33.5 Å². The summed E-state index contributed by atoms with van der Waals surface area (Å²) in [5.74, 6) is -0.101. The van der Waals surface area contributed by atoms with Gasteiger partial charge in [-0.25, -0.2) is 4.98 Å². The summed E-state index contributed by atoms with van der Waals surface area (Å²) in [6.07, 6.45) is 1.62. The van der Waals surface area contributed by atoms with E-state index in [1.165, 1.54) is 11.3 Å². The number of aryl methyl sites for hydroxylation is 1. The number of benzene rings is 1. The van der Waals surface area contributed by atoms with Crippen LogP contribution >= 0.6 is 11.3 Å². The van der Waals surface area contributed by atoms with Crippen LogP contribution < -0.4 is 5.32 Å². The molecule has 1 N–H and O–H groups in total. The highest BCUT2D eigenvalue weighted by atomic mass is 32.1. The predicted molar refractivity (Wildman–Crippen MR) is 84.1 cm³/mol. The van der Waals surface area contributed by atoms with Crippen molar-refractivity contribution in [3.8, 4) is 11.6 Å². The molecule has 0 radical (unpaired) electrons. The van der Waals surface area contributed by atoms with E-state index in [9.17, 15) is 4.79 Å². The van der Waals surface area contributed by atoms with E-state index < -0.39 is 0 Å². The van der Waals surface area contributed by atoms with Gasteiger partial charge in [0.2, 0.25) is 0 Å². The number of para-hydroxylation sites is 1. The molecule has 114 valence electrons. The van der Waals surface area contributed by atoms with Crippen LogP contribution in [0.1, 0.15) is 9.80 Å². The van der Waals surface area contributed by atoms with Crippen LogP contribution in [0.5, 0.6) is 0 Å². The molecule has 0 spiro atoms. The lowest BCUT2D eigenvalue weighted by atomic mass is 10.3. The van der Waals surface area contributed by atoms with E-state index in [-0.39, 0.29) is 17.8 Å². The molecule has 0 aliphatic heterocycles. The molecule has 4 rings (SSSR count). The second kappa shape index (κ2) is 5.29. The summed E-state index contributed by atoms with van der Waals surface area (Å²) in [6, 6.07) is 9.31. The quantitative estimate of drug-likeness (QED) is 0.620. The van der Waals surface area contributed by atoms with Gasteiger partial charge < -0.3 is 4.42 Å². The molecule has 0 atom stereocenters. The van der Waals surface area contributed by atoms with Crippen molar-refractivity contribution in [1.82, 2.24) is 25.0 Å². The van der Waals surface area contributed by atoms with Gasteiger partial charge in [0, 0.05) is 13.2 Å². The molecule has 3 aromatic heterocycles. The van der Waals surface area contributed by atoms with Crippen LogP contribution in [0.4, 0.5) is 6.01 Å². The first kappa shape index (κ1) is 13.6. The lowest BCUT2D eigenvalue weighted by Gasteiger charge is -1.96. The van der Waals surface area contributed by atoms with Crippen molar-refractivity contribution in [3.05, 3.63) is 41.5 Å². The molecule has 3 heterocycles. The number of aromatic nitrogens is 5. The molecular formula is C14H10N6O2S. The van der Waals surface area contributed by atoms with E-state index in [4.69, 9.17) is 4.42 Å². The number of carbonyl (C=O) groups excluding carboxylic acids is 1. The van der Waals surface area contributed by atoms with Gasteiger partial charge in [-0.05, 0) is 18.2 Å². The van der Waals surface area contributed by atoms with Gasteiger partial charge in [0.15, 0.2) is 5.01 Å². The largest absolute Gasteiger partial charge is 0.401 e. The molecule has 0 unspecified atom stereocenters. The van der Waals surface area contributed by atoms with E-state index >= 15 is 0 Å². The lowest BCUT2D eigenvalue weighted by Crippen LogP contribution is -2.11. The normalized spacial score (nSPS) is 11.0. The number of amides is 1.